The van der Waals surface area contributed by atoms with E-state index in [-0.39, 0.29) is 12.5 Å². The van der Waals surface area contributed by atoms with Crippen molar-refractivity contribution in [2.75, 3.05) is 13.2 Å². The summed E-state index contributed by atoms with van der Waals surface area (Å²) >= 11 is 0. The number of nitrogens with one attached hydrogen (secondary N) is 1. The van der Waals surface area contributed by atoms with Crippen LogP contribution in [0.25, 0.3) is 0 Å². The standard InChI is InChI=1S/C29H35N3O4/c1-4-22-6-10-25(30-19-22)14-16-35-27-12-8-24(9-13-27)18-28(32-21(3)33)29(34)36-17-15-26-11-7-23(5-2)20-31-26/h6-13,19-20,28H,4-5,14-18H2,1-3H3,(H,32,33). The van der Waals surface area contributed by atoms with Crippen LogP contribution in [0.5, 0.6) is 5.75 Å². The molecule has 1 amide bonds. The summed E-state index contributed by atoms with van der Waals surface area (Å²) in [5, 5.41) is 2.70. The minimum Gasteiger partial charge on any atom is -0.493 e. The molecule has 0 aliphatic heterocycles. The van der Waals surface area contributed by atoms with E-state index in [1.807, 2.05) is 54.9 Å². The predicted molar refractivity (Wildman–Crippen MR) is 139 cm³/mol. The van der Waals surface area contributed by atoms with Crippen molar-refractivity contribution >= 4 is 11.9 Å². The molecule has 0 fully saturated rings. The molecule has 0 aliphatic carbocycles. The Bertz CT molecular complexity index is 1100. The number of aryl methyl sites for hydroxylation is 2. The average Bonchev–Trinajstić information content (AvgIpc) is 2.89. The minimum atomic E-state index is -0.762. The van der Waals surface area contributed by atoms with Crippen molar-refractivity contribution in [1.82, 2.24) is 15.3 Å². The van der Waals surface area contributed by atoms with Gasteiger partial charge < -0.3 is 14.8 Å². The van der Waals surface area contributed by atoms with Gasteiger partial charge in [0, 0.05) is 50.0 Å². The van der Waals surface area contributed by atoms with Crippen LogP contribution in [0.15, 0.2) is 60.9 Å². The highest BCUT2D eigenvalue weighted by molar-refractivity contribution is 5.83. The van der Waals surface area contributed by atoms with Crippen molar-refractivity contribution in [3.05, 3.63) is 89.0 Å². The van der Waals surface area contributed by atoms with E-state index in [0.717, 1.165) is 47.5 Å². The Morgan fingerprint density at radius 3 is 1.86 bits per heavy atom. The third-order valence-electron chi connectivity index (χ3n) is 5.84. The highest BCUT2D eigenvalue weighted by Gasteiger charge is 2.21. The average molecular weight is 490 g/mol. The quantitative estimate of drug-likeness (QED) is 0.364. The van der Waals surface area contributed by atoms with Crippen molar-refractivity contribution in [2.24, 2.45) is 0 Å². The Kier molecular flexibility index (Phi) is 10.4. The molecule has 1 aromatic carbocycles. The van der Waals surface area contributed by atoms with Crippen molar-refractivity contribution in [2.45, 2.75) is 58.9 Å². The lowest BCUT2D eigenvalue weighted by Gasteiger charge is -2.17. The zero-order valence-electron chi connectivity index (χ0n) is 21.3. The van der Waals surface area contributed by atoms with E-state index in [1.165, 1.54) is 12.5 Å². The molecular weight excluding hydrogens is 454 g/mol. The molecule has 3 rings (SSSR count). The molecule has 1 atom stereocenters. The van der Waals surface area contributed by atoms with Gasteiger partial charge >= 0.3 is 5.97 Å². The Morgan fingerprint density at radius 2 is 1.36 bits per heavy atom. The number of benzene rings is 1. The van der Waals surface area contributed by atoms with Gasteiger partial charge in [-0.1, -0.05) is 38.1 Å². The van der Waals surface area contributed by atoms with E-state index in [9.17, 15) is 9.59 Å². The van der Waals surface area contributed by atoms with Crippen LogP contribution in [0.2, 0.25) is 0 Å². The third-order valence-corrected chi connectivity index (χ3v) is 5.84. The molecule has 7 heteroatoms. The molecular formula is C29H35N3O4. The second-order valence-electron chi connectivity index (χ2n) is 8.64. The Balaban J connectivity index is 1.47. The van der Waals surface area contributed by atoms with Crippen LogP contribution in [0.4, 0.5) is 0 Å². The fraction of sp³-hybridized carbons (Fsp3) is 0.379. The first-order chi connectivity index (χ1) is 17.5. The van der Waals surface area contributed by atoms with Gasteiger partial charge in [-0.15, -0.1) is 0 Å². The first kappa shape index (κ1) is 26.9. The maximum Gasteiger partial charge on any atom is 0.328 e. The van der Waals surface area contributed by atoms with Gasteiger partial charge in [0.25, 0.3) is 0 Å². The molecule has 3 aromatic rings. The lowest BCUT2D eigenvalue weighted by molar-refractivity contribution is -0.147. The van der Waals surface area contributed by atoms with Crippen molar-refractivity contribution < 1.29 is 19.1 Å². The molecule has 0 radical (unpaired) electrons. The molecule has 0 saturated carbocycles. The Hall–Kier alpha value is -3.74. The number of nitrogens with zero attached hydrogens (tertiary/aromatic N) is 2. The van der Waals surface area contributed by atoms with E-state index in [4.69, 9.17) is 9.47 Å². The Labute approximate surface area is 213 Å². The fourth-order valence-electron chi connectivity index (χ4n) is 3.65. The van der Waals surface area contributed by atoms with Crippen LogP contribution >= 0.6 is 0 Å². The molecule has 0 spiro atoms. The first-order valence-corrected chi connectivity index (χ1v) is 12.5. The van der Waals surface area contributed by atoms with Gasteiger partial charge in [-0.05, 0) is 53.8 Å². The second kappa shape index (κ2) is 14.0. The highest BCUT2D eigenvalue weighted by atomic mass is 16.5. The molecule has 0 bridgehead atoms. The number of hydrogen-bond acceptors (Lipinski definition) is 6. The van der Waals surface area contributed by atoms with E-state index in [0.29, 0.717) is 19.4 Å². The molecule has 2 heterocycles. The summed E-state index contributed by atoms with van der Waals surface area (Å²) in [7, 11) is 0. The van der Waals surface area contributed by atoms with Crippen LogP contribution in [0.3, 0.4) is 0 Å². The summed E-state index contributed by atoms with van der Waals surface area (Å²) in [5.41, 5.74) is 5.13. The van der Waals surface area contributed by atoms with Crippen LogP contribution in [0.1, 0.15) is 48.8 Å². The summed E-state index contributed by atoms with van der Waals surface area (Å²) in [6.07, 6.45) is 7.22. The molecule has 0 aliphatic rings. The number of pyridine rings is 2. The number of aromatic nitrogens is 2. The van der Waals surface area contributed by atoms with Crippen LogP contribution in [-0.4, -0.2) is 41.1 Å². The SMILES string of the molecule is CCc1ccc(CCOC(=O)C(Cc2ccc(OCCc3ccc(CC)cn3)cc2)NC(C)=O)nc1. The van der Waals surface area contributed by atoms with Crippen molar-refractivity contribution in [3.63, 3.8) is 0 Å². The zero-order valence-corrected chi connectivity index (χ0v) is 21.3. The summed E-state index contributed by atoms with van der Waals surface area (Å²) in [4.78, 5) is 33.2. The van der Waals surface area contributed by atoms with Gasteiger partial charge in [-0.3, -0.25) is 14.8 Å². The molecule has 1 unspecified atom stereocenters. The van der Waals surface area contributed by atoms with E-state index in [2.05, 4.69) is 35.2 Å². The van der Waals surface area contributed by atoms with E-state index >= 15 is 0 Å². The van der Waals surface area contributed by atoms with Crippen molar-refractivity contribution in [3.8, 4) is 5.75 Å². The van der Waals surface area contributed by atoms with Gasteiger partial charge in [-0.2, -0.15) is 0 Å². The molecule has 36 heavy (non-hydrogen) atoms. The number of carbonyl (C=O) groups is 2. The van der Waals surface area contributed by atoms with Crippen LogP contribution < -0.4 is 10.1 Å². The minimum absolute atomic E-state index is 0.205. The van der Waals surface area contributed by atoms with Gasteiger partial charge in [0.05, 0.1) is 13.2 Å². The molecule has 2 aromatic heterocycles. The molecule has 0 saturated heterocycles. The van der Waals surface area contributed by atoms with Gasteiger partial charge in [0.2, 0.25) is 5.91 Å². The fourth-order valence-corrected chi connectivity index (χ4v) is 3.65. The van der Waals surface area contributed by atoms with Crippen LogP contribution in [-0.2, 0) is 46.4 Å². The van der Waals surface area contributed by atoms with E-state index < -0.39 is 12.0 Å². The number of hydrogen-bond donors (Lipinski definition) is 1. The zero-order chi connectivity index (χ0) is 25.8. The van der Waals surface area contributed by atoms with Gasteiger partial charge in [0.15, 0.2) is 0 Å². The first-order valence-electron chi connectivity index (χ1n) is 12.5. The Morgan fingerprint density at radius 1 is 0.806 bits per heavy atom. The van der Waals surface area contributed by atoms with Gasteiger partial charge in [-0.25, -0.2) is 4.79 Å². The summed E-state index contributed by atoms with van der Waals surface area (Å²) in [5.74, 6) is -0.00391. The summed E-state index contributed by atoms with van der Waals surface area (Å²) < 4.78 is 11.3. The van der Waals surface area contributed by atoms with Crippen molar-refractivity contribution in [1.29, 1.82) is 0 Å². The van der Waals surface area contributed by atoms with Gasteiger partial charge in [0.1, 0.15) is 11.8 Å². The van der Waals surface area contributed by atoms with E-state index in [1.54, 1.807) is 0 Å². The normalized spacial score (nSPS) is 11.5. The molecule has 7 nitrogen and oxygen atoms in total. The second-order valence-corrected chi connectivity index (χ2v) is 8.64. The maximum atomic E-state index is 12.7. The highest BCUT2D eigenvalue weighted by Crippen LogP contribution is 2.15. The maximum absolute atomic E-state index is 12.7. The lowest BCUT2D eigenvalue weighted by atomic mass is 10.1. The molecule has 190 valence electrons. The molecule has 1 N–H and O–H groups in total. The number of amides is 1. The lowest BCUT2D eigenvalue weighted by Crippen LogP contribution is -2.42. The van der Waals surface area contributed by atoms with Crippen LogP contribution in [0, 0.1) is 0 Å². The number of rotatable bonds is 13. The number of carbonyl (C=O) groups excluding carboxylic acids is 2. The number of ether oxygens (including phenoxy) is 2. The largest absolute Gasteiger partial charge is 0.493 e. The summed E-state index contributed by atoms with van der Waals surface area (Å²) in [6.45, 7) is 6.30. The number of esters is 1. The topological polar surface area (TPSA) is 90.4 Å². The summed E-state index contributed by atoms with van der Waals surface area (Å²) in [6, 6.07) is 14.9. The smallest absolute Gasteiger partial charge is 0.328 e. The third kappa shape index (κ3) is 8.80. The monoisotopic (exact) mass is 489 g/mol. The predicted octanol–water partition coefficient (Wildman–Crippen LogP) is 4.06.